The summed E-state index contributed by atoms with van der Waals surface area (Å²) in [4.78, 5) is 11.4. The molecular formula is C10H18N4O. The van der Waals surface area contributed by atoms with Gasteiger partial charge in [-0.25, -0.2) is 4.79 Å². The van der Waals surface area contributed by atoms with Crippen molar-refractivity contribution in [2.24, 2.45) is 7.05 Å². The van der Waals surface area contributed by atoms with Crippen molar-refractivity contribution >= 4 is 11.7 Å². The van der Waals surface area contributed by atoms with Gasteiger partial charge in [-0.15, -0.1) is 0 Å². The van der Waals surface area contributed by atoms with Gasteiger partial charge in [-0.05, 0) is 13.3 Å². The second-order valence-electron chi connectivity index (χ2n) is 3.54. The van der Waals surface area contributed by atoms with Crippen molar-refractivity contribution in [2.45, 2.75) is 26.7 Å². The van der Waals surface area contributed by atoms with Crippen LogP contribution in [-0.2, 0) is 7.05 Å². The maximum Gasteiger partial charge on any atom is 0.319 e. The quantitative estimate of drug-likeness (QED) is 0.742. The van der Waals surface area contributed by atoms with Gasteiger partial charge in [0.15, 0.2) is 0 Å². The average molecular weight is 210 g/mol. The molecule has 0 bridgehead atoms. The van der Waals surface area contributed by atoms with E-state index in [0.29, 0.717) is 6.54 Å². The maximum absolute atomic E-state index is 11.4. The maximum atomic E-state index is 11.4. The predicted molar refractivity (Wildman–Crippen MR) is 59.9 cm³/mol. The molecule has 1 aromatic rings. The highest BCUT2D eigenvalue weighted by Crippen LogP contribution is 2.10. The van der Waals surface area contributed by atoms with Gasteiger partial charge < -0.3 is 10.6 Å². The number of unbranched alkanes of at least 4 members (excludes halogenated alkanes) is 1. The molecule has 84 valence electrons. The zero-order chi connectivity index (χ0) is 11.3. The van der Waals surface area contributed by atoms with Crippen molar-refractivity contribution in [2.75, 3.05) is 11.9 Å². The van der Waals surface area contributed by atoms with Gasteiger partial charge in [0.2, 0.25) is 0 Å². The monoisotopic (exact) mass is 210 g/mol. The molecular weight excluding hydrogens is 192 g/mol. The van der Waals surface area contributed by atoms with Crippen molar-refractivity contribution < 1.29 is 4.79 Å². The second-order valence-corrected chi connectivity index (χ2v) is 3.54. The van der Waals surface area contributed by atoms with Crippen LogP contribution < -0.4 is 10.6 Å². The van der Waals surface area contributed by atoms with E-state index in [1.165, 1.54) is 0 Å². The molecule has 0 aliphatic rings. The van der Waals surface area contributed by atoms with E-state index in [0.717, 1.165) is 24.2 Å². The first-order valence-corrected chi connectivity index (χ1v) is 5.18. The lowest BCUT2D eigenvalue weighted by Gasteiger charge is -2.05. The molecule has 5 nitrogen and oxygen atoms in total. The van der Waals surface area contributed by atoms with Crippen LogP contribution in [-0.4, -0.2) is 22.4 Å². The Labute approximate surface area is 89.9 Å². The number of aromatic nitrogens is 2. The third-order valence-corrected chi connectivity index (χ3v) is 2.08. The van der Waals surface area contributed by atoms with E-state index in [9.17, 15) is 4.79 Å². The minimum Gasteiger partial charge on any atom is -0.338 e. The summed E-state index contributed by atoms with van der Waals surface area (Å²) in [7, 11) is 1.83. The van der Waals surface area contributed by atoms with Crippen molar-refractivity contribution in [3.63, 3.8) is 0 Å². The number of nitrogens with one attached hydrogen (secondary N) is 2. The van der Waals surface area contributed by atoms with Crippen molar-refractivity contribution in [1.82, 2.24) is 15.1 Å². The van der Waals surface area contributed by atoms with Crippen LogP contribution in [0, 0.1) is 6.92 Å². The Balaban J connectivity index is 2.41. The minimum atomic E-state index is -0.167. The van der Waals surface area contributed by atoms with Crippen LogP contribution in [0.5, 0.6) is 0 Å². The van der Waals surface area contributed by atoms with Gasteiger partial charge in [-0.1, -0.05) is 13.3 Å². The highest BCUT2D eigenvalue weighted by Gasteiger charge is 2.06. The van der Waals surface area contributed by atoms with Crippen LogP contribution in [0.4, 0.5) is 10.5 Å². The normalized spacial score (nSPS) is 10.1. The second kappa shape index (κ2) is 5.38. The molecule has 0 aliphatic carbocycles. The Hall–Kier alpha value is -1.52. The molecule has 0 saturated carbocycles. The number of amides is 2. The number of anilines is 1. The first kappa shape index (κ1) is 11.6. The lowest BCUT2D eigenvalue weighted by Crippen LogP contribution is -2.29. The molecule has 5 heteroatoms. The molecule has 0 fully saturated rings. The fourth-order valence-electron chi connectivity index (χ4n) is 1.27. The van der Waals surface area contributed by atoms with Gasteiger partial charge in [0, 0.05) is 19.8 Å². The van der Waals surface area contributed by atoms with Crippen LogP contribution in [0.15, 0.2) is 6.20 Å². The summed E-state index contributed by atoms with van der Waals surface area (Å²) in [6.07, 6.45) is 3.86. The molecule has 0 atom stereocenters. The van der Waals surface area contributed by atoms with E-state index >= 15 is 0 Å². The molecule has 2 amide bonds. The molecule has 0 aromatic carbocycles. The molecule has 0 spiro atoms. The van der Waals surface area contributed by atoms with Crippen LogP contribution in [0.3, 0.4) is 0 Å². The molecule has 15 heavy (non-hydrogen) atoms. The summed E-state index contributed by atoms with van der Waals surface area (Å²) in [5.74, 6) is 0. The van der Waals surface area contributed by atoms with Gasteiger partial charge in [0.25, 0.3) is 0 Å². The Bertz CT molecular complexity index is 332. The third-order valence-electron chi connectivity index (χ3n) is 2.08. The van der Waals surface area contributed by atoms with Crippen molar-refractivity contribution in [1.29, 1.82) is 0 Å². The zero-order valence-electron chi connectivity index (χ0n) is 9.50. The summed E-state index contributed by atoms with van der Waals surface area (Å²) in [5, 5.41) is 9.67. The molecule has 1 aromatic heterocycles. The fourth-order valence-corrected chi connectivity index (χ4v) is 1.27. The summed E-state index contributed by atoms with van der Waals surface area (Å²) in [5.41, 5.74) is 1.58. The number of carbonyl (C=O) groups is 1. The standard InChI is InChI=1S/C10H18N4O/c1-4-5-6-11-10(15)12-9-7-14(3)13-8(9)2/h7H,4-6H2,1-3H3,(H2,11,12,15). The van der Waals surface area contributed by atoms with E-state index in [4.69, 9.17) is 0 Å². The first-order chi connectivity index (χ1) is 7.13. The number of carbonyl (C=O) groups excluding carboxylic acids is 1. The summed E-state index contributed by atoms with van der Waals surface area (Å²) < 4.78 is 1.68. The molecule has 1 rings (SSSR count). The van der Waals surface area contributed by atoms with Gasteiger partial charge in [0.1, 0.15) is 0 Å². The molecule has 0 radical (unpaired) electrons. The lowest BCUT2D eigenvalue weighted by atomic mass is 10.3. The third kappa shape index (κ3) is 3.61. The van der Waals surface area contributed by atoms with E-state index < -0.39 is 0 Å². The van der Waals surface area contributed by atoms with Crippen LogP contribution in [0.2, 0.25) is 0 Å². The highest BCUT2D eigenvalue weighted by atomic mass is 16.2. The molecule has 0 aliphatic heterocycles. The van der Waals surface area contributed by atoms with E-state index in [1.807, 2.05) is 14.0 Å². The average Bonchev–Trinajstić information content (AvgIpc) is 2.45. The molecule has 2 N–H and O–H groups in total. The fraction of sp³-hybridized carbons (Fsp3) is 0.600. The number of urea groups is 1. The van der Waals surface area contributed by atoms with Gasteiger partial charge in [-0.2, -0.15) is 5.10 Å². The number of aryl methyl sites for hydroxylation is 2. The highest BCUT2D eigenvalue weighted by molar-refractivity contribution is 5.89. The topological polar surface area (TPSA) is 59.0 Å². The zero-order valence-corrected chi connectivity index (χ0v) is 9.50. The van der Waals surface area contributed by atoms with Gasteiger partial charge in [0.05, 0.1) is 11.4 Å². The van der Waals surface area contributed by atoms with Gasteiger partial charge in [-0.3, -0.25) is 4.68 Å². The number of nitrogens with zero attached hydrogens (tertiary/aromatic N) is 2. The first-order valence-electron chi connectivity index (χ1n) is 5.18. The molecule has 1 heterocycles. The Kier molecular flexibility index (Phi) is 4.15. The molecule has 0 saturated heterocycles. The lowest BCUT2D eigenvalue weighted by molar-refractivity contribution is 0.252. The Morgan fingerprint density at radius 2 is 2.33 bits per heavy atom. The van der Waals surface area contributed by atoms with E-state index in [-0.39, 0.29) is 6.03 Å². The number of rotatable bonds is 4. The Morgan fingerprint density at radius 1 is 1.60 bits per heavy atom. The van der Waals surface area contributed by atoms with E-state index in [1.54, 1.807) is 10.9 Å². The largest absolute Gasteiger partial charge is 0.338 e. The van der Waals surface area contributed by atoms with Crippen molar-refractivity contribution in [3.05, 3.63) is 11.9 Å². The van der Waals surface area contributed by atoms with Crippen LogP contribution in [0.25, 0.3) is 0 Å². The summed E-state index contributed by atoms with van der Waals surface area (Å²) >= 11 is 0. The predicted octanol–water partition coefficient (Wildman–Crippen LogP) is 1.65. The number of hydrogen-bond donors (Lipinski definition) is 2. The molecule has 0 unspecified atom stereocenters. The smallest absolute Gasteiger partial charge is 0.319 e. The summed E-state index contributed by atoms with van der Waals surface area (Å²) in [6.45, 7) is 4.66. The van der Waals surface area contributed by atoms with Gasteiger partial charge >= 0.3 is 6.03 Å². The number of hydrogen-bond acceptors (Lipinski definition) is 2. The Morgan fingerprint density at radius 3 is 2.87 bits per heavy atom. The van der Waals surface area contributed by atoms with E-state index in [2.05, 4.69) is 22.7 Å². The summed E-state index contributed by atoms with van der Waals surface area (Å²) in [6, 6.07) is -0.167. The van der Waals surface area contributed by atoms with Crippen LogP contribution in [0.1, 0.15) is 25.5 Å². The van der Waals surface area contributed by atoms with Crippen LogP contribution >= 0.6 is 0 Å². The minimum absolute atomic E-state index is 0.167. The van der Waals surface area contributed by atoms with Crippen molar-refractivity contribution in [3.8, 4) is 0 Å². The SMILES string of the molecule is CCCCNC(=O)Nc1cn(C)nc1C.